The van der Waals surface area contributed by atoms with Crippen LogP contribution in [0.5, 0.6) is 0 Å². The number of unbranched alkanes of at least 4 members (excludes halogenated alkanes) is 14. The summed E-state index contributed by atoms with van der Waals surface area (Å²) in [6.45, 7) is 5.73. The molecular formula is C48H82N6O7. The van der Waals surface area contributed by atoms with E-state index in [1.165, 1.54) is 64.2 Å². The van der Waals surface area contributed by atoms with Crippen LogP contribution < -0.4 is 16.8 Å². The van der Waals surface area contributed by atoms with Gasteiger partial charge in [-0.15, -0.1) is 0 Å². The average molecular weight is 855 g/mol. The monoisotopic (exact) mass is 855 g/mol. The lowest BCUT2D eigenvalue weighted by Gasteiger charge is -2.55. The number of ether oxygens (including phenoxy) is 3. The molecule has 0 radical (unpaired) electrons. The van der Waals surface area contributed by atoms with Gasteiger partial charge in [0.15, 0.2) is 11.7 Å². The SMILES string of the molecule is CC[C@H]1C=CCC[C@]2(C[C@@H]3CC[C@@H]4[C@H](C(=O)OCCCCCCCCCCCCCCCCCC(=O)N(CCCC(N)=O)CCCC(N)=O)[C@]5(CCC[C@@H](C)O5)N=C(N2)N34)O1. The molecule has 0 aromatic rings. The molecule has 5 rings (SSSR count). The Kier molecular flexibility index (Phi) is 20.2. The van der Waals surface area contributed by atoms with E-state index in [0.717, 1.165) is 95.9 Å². The molecule has 5 aliphatic rings. The van der Waals surface area contributed by atoms with E-state index in [2.05, 4.69) is 36.2 Å². The fourth-order valence-corrected chi connectivity index (χ4v) is 10.6. The number of nitrogens with two attached hydrogens (primary N) is 2. The van der Waals surface area contributed by atoms with Gasteiger partial charge in [0.1, 0.15) is 11.6 Å². The topological polar surface area (TPSA) is 179 Å². The van der Waals surface area contributed by atoms with Crippen LogP contribution in [0.4, 0.5) is 0 Å². The highest BCUT2D eigenvalue weighted by Crippen LogP contribution is 2.50. The van der Waals surface area contributed by atoms with Gasteiger partial charge in [-0.3, -0.25) is 19.2 Å². The third-order valence-corrected chi connectivity index (χ3v) is 13.8. The van der Waals surface area contributed by atoms with Crippen LogP contribution in [0, 0.1) is 5.92 Å². The average Bonchev–Trinajstić information content (AvgIpc) is 3.52. The predicted molar refractivity (Wildman–Crippen MR) is 239 cm³/mol. The molecule has 13 heteroatoms. The van der Waals surface area contributed by atoms with Crippen molar-refractivity contribution < 1.29 is 33.4 Å². The van der Waals surface area contributed by atoms with Gasteiger partial charge in [-0.1, -0.05) is 103 Å². The lowest BCUT2D eigenvalue weighted by atomic mass is 9.80. The zero-order chi connectivity index (χ0) is 43.5. The maximum Gasteiger partial charge on any atom is 0.316 e. The van der Waals surface area contributed by atoms with Gasteiger partial charge in [0.05, 0.1) is 24.9 Å². The second kappa shape index (κ2) is 25.2. The van der Waals surface area contributed by atoms with Crippen LogP contribution in [0.1, 0.15) is 200 Å². The van der Waals surface area contributed by atoms with Crippen LogP contribution in [-0.4, -0.2) is 94.9 Å². The Morgan fingerprint density at radius 2 is 1.41 bits per heavy atom. The first-order valence-electron chi connectivity index (χ1n) is 24.7. The largest absolute Gasteiger partial charge is 0.465 e. The summed E-state index contributed by atoms with van der Waals surface area (Å²) in [7, 11) is 0. The van der Waals surface area contributed by atoms with E-state index < -0.39 is 17.4 Å². The van der Waals surface area contributed by atoms with Crippen molar-refractivity contribution in [3.63, 3.8) is 0 Å². The van der Waals surface area contributed by atoms with Gasteiger partial charge in [0.2, 0.25) is 17.7 Å². The van der Waals surface area contributed by atoms with Crippen LogP contribution in [0.3, 0.4) is 0 Å². The van der Waals surface area contributed by atoms with Crippen molar-refractivity contribution in [3.05, 3.63) is 12.2 Å². The van der Waals surface area contributed by atoms with Crippen molar-refractivity contribution in [1.82, 2.24) is 15.1 Å². The molecule has 5 heterocycles. The molecule has 2 spiro atoms. The molecule has 7 atom stereocenters. The highest BCUT2D eigenvalue weighted by molar-refractivity contribution is 5.87. The molecule has 0 aromatic carbocycles. The lowest BCUT2D eigenvalue weighted by Crippen LogP contribution is -2.71. The Morgan fingerprint density at radius 1 is 0.803 bits per heavy atom. The summed E-state index contributed by atoms with van der Waals surface area (Å²) in [5, 5.41) is 3.80. The molecule has 5 aliphatic heterocycles. The Bertz CT molecular complexity index is 1440. The van der Waals surface area contributed by atoms with Gasteiger partial charge in [-0.05, 0) is 84.0 Å². The van der Waals surface area contributed by atoms with E-state index in [1.54, 1.807) is 4.90 Å². The van der Waals surface area contributed by atoms with Gasteiger partial charge in [0.25, 0.3) is 0 Å². The summed E-state index contributed by atoms with van der Waals surface area (Å²) in [6.07, 6.45) is 32.7. The Morgan fingerprint density at radius 3 is 2.00 bits per heavy atom. The van der Waals surface area contributed by atoms with Gasteiger partial charge in [-0.25, -0.2) is 4.99 Å². The zero-order valence-corrected chi connectivity index (χ0v) is 38.0. The molecule has 0 unspecified atom stereocenters. The standard InChI is InChI=1S/C48H82N6O7/c1-3-39-25-18-19-31-47(61-39)36-38-29-30-40-44(48(32-21-24-37(2)60-48)52-46(51-47)54(38)40)45(58)59-35-20-16-14-12-10-8-6-4-5-7-9-11-13-15-17-28-43(57)53(33-22-26-41(49)55)34-23-27-42(50)56/h18,25,37-40,44H,3-17,19-24,26-36H2,1-2H3,(H2,49,55)(H2,50,56)(H,51,52)/t37-,38+,39+,40-,44-,47-,48-/m1/s1. The van der Waals surface area contributed by atoms with Crippen molar-refractivity contribution in [3.8, 4) is 0 Å². The van der Waals surface area contributed by atoms with Crippen molar-refractivity contribution >= 4 is 29.7 Å². The van der Waals surface area contributed by atoms with E-state index >= 15 is 0 Å². The van der Waals surface area contributed by atoms with Crippen LogP contribution in [-0.2, 0) is 33.4 Å². The number of nitrogens with zero attached hydrogens (tertiary/aromatic N) is 3. The number of allylic oxidation sites excluding steroid dienone is 1. The van der Waals surface area contributed by atoms with Crippen molar-refractivity contribution in [1.29, 1.82) is 0 Å². The summed E-state index contributed by atoms with van der Waals surface area (Å²) in [6, 6.07) is 0.320. The molecule has 0 aliphatic carbocycles. The highest BCUT2D eigenvalue weighted by atomic mass is 16.6. The fourth-order valence-electron chi connectivity index (χ4n) is 10.6. The quantitative estimate of drug-likeness (QED) is 0.0399. The number of carbonyl (C=O) groups is 4. The van der Waals surface area contributed by atoms with E-state index in [9.17, 15) is 19.2 Å². The van der Waals surface area contributed by atoms with Gasteiger partial charge < -0.3 is 40.8 Å². The summed E-state index contributed by atoms with van der Waals surface area (Å²) in [4.78, 5) is 58.5. The summed E-state index contributed by atoms with van der Waals surface area (Å²) in [5.41, 5.74) is 9.17. The number of rotatable bonds is 28. The third kappa shape index (κ3) is 15.0. The molecule has 3 fully saturated rings. The van der Waals surface area contributed by atoms with E-state index in [1.807, 2.05) is 0 Å². The smallest absolute Gasteiger partial charge is 0.316 e. The number of hydrogen-bond donors (Lipinski definition) is 3. The van der Waals surface area contributed by atoms with Gasteiger partial charge in [-0.2, -0.15) is 0 Å². The van der Waals surface area contributed by atoms with Gasteiger partial charge >= 0.3 is 5.97 Å². The second-order valence-electron chi connectivity index (χ2n) is 18.9. The molecule has 3 saturated heterocycles. The van der Waals surface area contributed by atoms with Gasteiger partial charge in [0, 0.05) is 44.8 Å². The molecule has 0 aromatic heterocycles. The first kappa shape index (κ1) is 48.8. The molecule has 0 bridgehead atoms. The summed E-state index contributed by atoms with van der Waals surface area (Å²) in [5.74, 6) is -0.333. The molecule has 13 nitrogen and oxygen atoms in total. The molecule has 346 valence electrons. The maximum atomic E-state index is 14.1. The number of esters is 1. The van der Waals surface area contributed by atoms with Crippen molar-refractivity contribution in [2.24, 2.45) is 22.4 Å². The third-order valence-electron chi connectivity index (χ3n) is 13.8. The minimum Gasteiger partial charge on any atom is -0.465 e. The lowest BCUT2D eigenvalue weighted by molar-refractivity contribution is -0.194. The van der Waals surface area contributed by atoms with Crippen LogP contribution >= 0.6 is 0 Å². The molecular weight excluding hydrogens is 773 g/mol. The number of aliphatic imine (C=N–C) groups is 1. The Balaban J connectivity index is 0.901. The van der Waals surface area contributed by atoms with Crippen molar-refractivity contribution in [2.45, 2.75) is 236 Å². The predicted octanol–water partition coefficient (Wildman–Crippen LogP) is 8.07. The first-order valence-corrected chi connectivity index (χ1v) is 24.7. The van der Waals surface area contributed by atoms with Crippen LogP contribution in [0.15, 0.2) is 17.1 Å². The number of amides is 3. The fraction of sp³-hybridized carbons (Fsp3) is 0.854. The first-order chi connectivity index (χ1) is 29.5. The van der Waals surface area contributed by atoms with Crippen molar-refractivity contribution in [2.75, 3.05) is 19.7 Å². The number of primary amides is 2. The second-order valence-corrected chi connectivity index (χ2v) is 18.9. The molecule has 0 saturated carbocycles. The highest BCUT2D eigenvalue weighted by Gasteiger charge is 2.62. The number of guanidine groups is 1. The molecule has 61 heavy (non-hydrogen) atoms. The van der Waals surface area contributed by atoms with E-state index in [4.69, 9.17) is 30.7 Å². The van der Waals surface area contributed by atoms with E-state index in [0.29, 0.717) is 45.0 Å². The minimum absolute atomic E-state index is 0.0268. The minimum atomic E-state index is -0.891. The number of nitrogens with one attached hydrogen (secondary N) is 1. The molecule has 3 amide bonds. The van der Waals surface area contributed by atoms with Crippen LogP contribution in [0.25, 0.3) is 0 Å². The summed E-state index contributed by atoms with van der Waals surface area (Å²) < 4.78 is 19.6. The Labute approximate surface area is 367 Å². The number of hydrogen-bond acceptors (Lipinski definition) is 10. The van der Waals surface area contributed by atoms with E-state index in [-0.39, 0.29) is 54.8 Å². The molecule has 5 N–H and O–H groups in total. The normalized spacial score (nSPS) is 27.9. The van der Waals surface area contributed by atoms with Crippen LogP contribution in [0.2, 0.25) is 0 Å². The zero-order valence-electron chi connectivity index (χ0n) is 38.0. The summed E-state index contributed by atoms with van der Waals surface area (Å²) >= 11 is 0. The Hall–Kier alpha value is -3.19. The number of carbonyl (C=O) groups excluding carboxylic acids is 4. The maximum absolute atomic E-state index is 14.1.